The summed E-state index contributed by atoms with van der Waals surface area (Å²) in [6.45, 7) is 1.46. The fraction of sp³-hybridized carbons (Fsp3) is 0.462. The summed E-state index contributed by atoms with van der Waals surface area (Å²) in [5.41, 5.74) is -1.45. The van der Waals surface area contributed by atoms with Gasteiger partial charge in [0, 0.05) is 12.1 Å². The molecule has 0 aliphatic heterocycles. The van der Waals surface area contributed by atoms with Crippen LogP contribution in [0, 0.1) is 27.3 Å². The predicted octanol–water partition coefficient (Wildman–Crippen LogP) is 2.15. The number of hydrogen-bond acceptors (Lipinski definition) is 5. The minimum Gasteiger partial charge on any atom is -0.482 e. The normalized spacial score (nSPS) is 17.1. The number of para-hydroxylation sites is 1. The van der Waals surface area contributed by atoms with E-state index in [0.29, 0.717) is 0 Å². The van der Waals surface area contributed by atoms with Gasteiger partial charge in [0.1, 0.15) is 12.1 Å². The molecule has 0 amide bonds. The molecule has 0 saturated heterocycles. The molecule has 1 aromatic rings. The zero-order chi connectivity index (χ0) is 14.8. The first kappa shape index (κ1) is 14.2. The summed E-state index contributed by atoms with van der Waals surface area (Å²) in [6.07, 6.45) is 1.97. The van der Waals surface area contributed by atoms with Crippen molar-refractivity contribution in [1.29, 1.82) is 5.26 Å². The Morgan fingerprint density at radius 3 is 2.90 bits per heavy atom. The van der Waals surface area contributed by atoms with Gasteiger partial charge >= 0.3 is 5.69 Å². The molecule has 1 saturated carbocycles. The third-order valence-corrected chi connectivity index (χ3v) is 2.99. The lowest BCUT2D eigenvalue weighted by Crippen LogP contribution is -2.47. The molecule has 6 nitrogen and oxygen atoms in total. The highest BCUT2D eigenvalue weighted by Gasteiger charge is 2.34. The molecule has 0 radical (unpaired) electrons. The van der Waals surface area contributed by atoms with Gasteiger partial charge in [0.05, 0.1) is 11.0 Å². The van der Waals surface area contributed by atoms with Crippen LogP contribution < -0.4 is 10.1 Å². The molecule has 1 atom stereocenters. The fourth-order valence-corrected chi connectivity index (χ4v) is 1.79. The molecule has 1 unspecified atom stereocenters. The quantitative estimate of drug-likeness (QED) is 0.636. The van der Waals surface area contributed by atoms with E-state index < -0.39 is 27.7 Å². The molecule has 1 aromatic carbocycles. The van der Waals surface area contributed by atoms with Crippen molar-refractivity contribution in [3.8, 4) is 11.8 Å². The van der Waals surface area contributed by atoms with Gasteiger partial charge in [-0.1, -0.05) is 6.07 Å². The van der Waals surface area contributed by atoms with Crippen molar-refractivity contribution in [3.63, 3.8) is 0 Å². The van der Waals surface area contributed by atoms with Crippen LogP contribution in [0.1, 0.15) is 19.8 Å². The number of halogens is 1. The average molecular weight is 279 g/mol. The van der Waals surface area contributed by atoms with Gasteiger partial charge < -0.3 is 4.74 Å². The highest BCUT2D eigenvalue weighted by Crippen LogP contribution is 2.30. The zero-order valence-corrected chi connectivity index (χ0v) is 10.9. The van der Waals surface area contributed by atoms with Gasteiger partial charge in [-0.3, -0.25) is 15.4 Å². The lowest BCUT2D eigenvalue weighted by Gasteiger charge is -2.23. The average Bonchev–Trinajstić information content (AvgIpc) is 3.20. The molecule has 1 aliphatic rings. The van der Waals surface area contributed by atoms with Gasteiger partial charge in [-0.25, -0.2) is 4.39 Å². The summed E-state index contributed by atoms with van der Waals surface area (Å²) in [4.78, 5) is 10.1. The van der Waals surface area contributed by atoms with E-state index in [1.807, 2.05) is 0 Å². The second-order valence-electron chi connectivity index (χ2n) is 5.00. The molecule has 0 spiro atoms. The summed E-state index contributed by atoms with van der Waals surface area (Å²) < 4.78 is 18.8. The minimum absolute atomic E-state index is 0.165. The van der Waals surface area contributed by atoms with Gasteiger partial charge in [0.15, 0.2) is 5.82 Å². The maximum atomic E-state index is 13.6. The molecule has 1 fully saturated rings. The Labute approximate surface area is 115 Å². The monoisotopic (exact) mass is 279 g/mol. The molecule has 2 rings (SSSR count). The van der Waals surface area contributed by atoms with Crippen LogP contribution in [0.25, 0.3) is 0 Å². The van der Waals surface area contributed by atoms with E-state index in [9.17, 15) is 14.5 Å². The molecular weight excluding hydrogens is 265 g/mol. The van der Waals surface area contributed by atoms with Gasteiger partial charge in [-0.05, 0) is 25.8 Å². The first-order valence-corrected chi connectivity index (χ1v) is 6.20. The van der Waals surface area contributed by atoms with Crippen molar-refractivity contribution < 1.29 is 14.1 Å². The molecule has 0 aromatic heterocycles. The Bertz CT molecular complexity index is 568. The topological polar surface area (TPSA) is 88.2 Å². The van der Waals surface area contributed by atoms with E-state index in [2.05, 4.69) is 11.4 Å². The standard InChI is InChI=1S/C13H14FN3O3/c1-13(7-15,16-9-5-6-9)8-20-12-10(14)3-2-4-11(12)17(18)19/h2-4,9,16H,5-6,8H2,1H3. The summed E-state index contributed by atoms with van der Waals surface area (Å²) in [5.74, 6) is -1.25. The summed E-state index contributed by atoms with van der Waals surface area (Å²) in [7, 11) is 0. The van der Waals surface area contributed by atoms with Crippen LogP contribution in [-0.2, 0) is 0 Å². The molecule has 1 aliphatic carbocycles. The van der Waals surface area contributed by atoms with E-state index in [1.165, 1.54) is 6.07 Å². The number of nitro groups is 1. The van der Waals surface area contributed by atoms with E-state index in [1.54, 1.807) is 6.92 Å². The van der Waals surface area contributed by atoms with E-state index in [4.69, 9.17) is 10.00 Å². The Morgan fingerprint density at radius 1 is 1.65 bits per heavy atom. The second-order valence-corrected chi connectivity index (χ2v) is 5.00. The molecule has 7 heteroatoms. The first-order chi connectivity index (χ1) is 9.45. The zero-order valence-electron chi connectivity index (χ0n) is 10.9. The summed E-state index contributed by atoms with van der Waals surface area (Å²) in [5, 5.41) is 23.1. The van der Waals surface area contributed by atoms with Crippen LogP contribution in [0.3, 0.4) is 0 Å². The van der Waals surface area contributed by atoms with Crippen LogP contribution in [0.2, 0.25) is 0 Å². The predicted molar refractivity (Wildman–Crippen MR) is 68.7 cm³/mol. The fourth-order valence-electron chi connectivity index (χ4n) is 1.79. The maximum absolute atomic E-state index is 13.6. The highest BCUT2D eigenvalue weighted by molar-refractivity contribution is 5.47. The summed E-state index contributed by atoms with van der Waals surface area (Å²) in [6, 6.07) is 5.81. The van der Waals surface area contributed by atoms with E-state index in [-0.39, 0.29) is 12.6 Å². The largest absolute Gasteiger partial charge is 0.482 e. The van der Waals surface area contributed by atoms with Crippen molar-refractivity contribution in [2.24, 2.45) is 0 Å². The number of benzene rings is 1. The number of hydrogen-bond donors (Lipinski definition) is 1. The van der Waals surface area contributed by atoms with Gasteiger partial charge in [-0.15, -0.1) is 0 Å². The first-order valence-electron chi connectivity index (χ1n) is 6.20. The molecule has 1 N–H and O–H groups in total. The summed E-state index contributed by atoms with van der Waals surface area (Å²) >= 11 is 0. The van der Waals surface area contributed by atoms with Crippen LogP contribution in [0.5, 0.6) is 5.75 Å². The second kappa shape index (κ2) is 5.43. The van der Waals surface area contributed by atoms with Crippen molar-refractivity contribution in [1.82, 2.24) is 5.32 Å². The number of ether oxygens (including phenoxy) is 1. The van der Waals surface area contributed by atoms with Gasteiger partial charge in [0.2, 0.25) is 5.75 Å². The number of rotatable bonds is 6. The number of nitrogens with zero attached hydrogens (tertiary/aromatic N) is 2. The molecular formula is C13H14FN3O3. The van der Waals surface area contributed by atoms with E-state index in [0.717, 1.165) is 25.0 Å². The molecule has 20 heavy (non-hydrogen) atoms. The van der Waals surface area contributed by atoms with Gasteiger partial charge in [0.25, 0.3) is 0 Å². The molecule has 0 bridgehead atoms. The van der Waals surface area contributed by atoms with Crippen LogP contribution in [0.15, 0.2) is 18.2 Å². The Balaban J connectivity index is 2.13. The maximum Gasteiger partial charge on any atom is 0.314 e. The highest BCUT2D eigenvalue weighted by atomic mass is 19.1. The van der Waals surface area contributed by atoms with Crippen molar-refractivity contribution >= 4 is 5.69 Å². The van der Waals surface area contributed by atoms with Crippen LogP contribution in [-0.4, -0.2) is 23.1 Å². The SMILES string of the molecule is CC(C#N)(COc1c(F)cccc1[N+](=O)[O-])NC1CC1. The van der Waals surface area contributed by atoms with E-state index >= 15 is 0 Å². The lowest BCUT2D eigenvalue weighted by atomic mass is 10.1. The van der Waals surface area contributed by atoms with Crippen molar-refractivity contribution in [2.75, 3.05) is 6.61 Å². The smallest absolute Gasteiger partial charge is 0.314 e. The van der Waals surface area contributed by atoms with Gasteiger partial charge in [-0.2, -0.15) is 5.26 Å². The van der Waals surface area contributed by atoms with Crippen molar-refractivity contribution in [2.45, 2.75) is 31.3 Å². The number of nitriles is 1. The molecule has 0 heterocycles. The van der Waals surface area contributed by atoms with Crippen molar-refractivity contribution in [3.05, 3.63) is 34.1 Å². The minimum atomic E-state index is -1.00. The third-order valence-electron chi connectivity index (χ3n) is 2.99. The third kappa shape index (κ3) is 3.22. The Morgan fingerprint density at radius 2 is 2.35 bits per heavy atom. The molecule has 106 valence electrons. The Kier molecular flexibility index (Phi) is 3.86. The number of nitro benzene ring substituents is 1. The number of nitrogens with one attached hydrogen (secondary N) is 1. The Hall–Kier alpha value is -2.20. The van der Waals surface area contributed by atoms with Crippen LogP contribution in [0.4, 0.5) is 10.1 Å². The lowest BCUT2D eigenvalue weighted by molar-refractivity contribution is -0.386. The van der Waals surface area contributed by atoms with Crippen LogP contribution >= 0.6 is 0 Å².